The molecule has 0 aliphatic carbocycles. The van der Waals surface area contributed by atoms with Crippen LogP contribution in [0.25, 0.3) is 0 Å². The maximum absolute atomic E-state index is 13.4. The van der Waals surface area contributed by atoms with E-state index >= 15 is 0 Å². The standard InChI is InChI=1S/C23H29Cl2N3O4S/c1-5-16(2)26-23(30)17(3)27(14-18-7-6-8-20(25)13-18)22(29)15-28(33(4,31)32)21-11-9-19(24)10-12-21/h6-13,16-17H,5,14-15H2,1-4H3,(H,26,30). The Hall–Kier alpha value is -2.29. The molecule has 2 aromatic rings. The van der Waals surface area contributed by atoms with Crippen molar-refractivity contribution in [2.24, 2.45) is 0 Å². The minimum Gasteiger partial charge on any atom is -0.352 e. The van der Waals surface area contributed by atoms with Gasteiger partial charge in [0, 0.05) is 22.6 Å². The Bertz CT molecular complexity index is 1080. The Morgan fingerprint density at radius 1 is 1.03 bits per heavy atom. The van der Waals surface area contributed by atoms with Gasteiger partial charge in [0.1, 0.15) is 12.6 Å². The van der Waals surface area contributed by atoms with Crippen molar-refractivity contribution >= 4 is 50.7 Å². The van der Waals surface area contributed by atoms with Crippen LogP contribution in [0.15, 0.2) is 48.5 Å². The van der Waals surface area contributed by atoms with Crippen molar-refractivity contribution in [2.45, 2.75) is 45.8 Å². The summed E-state index contributed by atoms with van der Waals surface area (Å²) in [5.74, 6) is -0.848. The number of carbonyl (C=O) groups excluding carboxylic acids is 2. The van der Waals surface area contributed by atoms with Gasteiger partial charge in [-0.1, -0.05) is 42.3 Å². The van der Waals surface area contributed by atoms with Crippen LogP contribution in [-0.4, -0.2) is 50.0 Å². The van der Waals surface area contributed by atoms with Gasteiger partial charge in [0.15, 0.2) is 0 Å². The predicted molar refractivity (Wildman–Crippen MR) is 133 cm³/mol. The first kappa shape index (κ1) is 27.0. The molecule has 0 aliphatic rings. The number of sulfonamides is 1. The number of halogens is 2. The number of nitrogens with zero attached hydrogens (tertiary/aromatic N) is 2. The number of amides is 2. The fraction of sp³-hybridized carbons (Fsp3) is 0.391. The molecule has 33 heavy (non-hydrogen) atoms. The maximum Gasteiger partial charge on any atom is 0.244 e. The SMILES string of the molecule is CCC(C)NC(=O)C(C)N(Cc1cccc(Cl)c1)C(=O)CN(c1ccc(Cl)cc1)S(C)(=O)=O. The van der Waals surface area contributed by atoms with E-state index in [9.17, 15) is 18.0 Å². The molecule has 0 radical (unpaired) electrons. The van der Waals surface area contributed by atoms with Gasteiger partial charge < -0.3 is 10.2 Å². The molecule has 2 unspecified atom stereocenters. The maximum atomic E-state index is 13.4. The molecule has 0 aromatic heterocycles. The van der Waals surface area contributed by atoms with Gasteiger partial charge in [-0.3, -0.25) is 13.9 Å². The second-order valence-corrected chi connectivity index (χ2v) is 10.7. The van der Waals surface area contributed by atoms with Gasteiger partial charge in [0.2, 0.25) is 21.8 Å². The van der Waals surface area contributed by atoms with E-state index in [0.29, 0.717) is 15.7 Å². The highest BCUT2D eigenvalue weighted by Gasteiger charge is 2.30. The molecule has 180 valence electrons. The second-order valence-electron chi connectivity index (χ2n) is 7.89. The molecule has 2 aromatic carbocycles. The number of rotatable bonds is 10. The lowest BCUT2D eigenvalue weighted by molar-refractivity contribution is -0.139. The summed E-state index contributed by atoms with van der Waals surface area (Å²) < 4.78 is 26.0. The Labute approximate surface area is 205 Å². The zero-order chi connectivity index (χ0) is 24.8. The molecule has 7 nitrogen and oxygen atoms in total. The van der Waals surface area contributed by atoms with E-state index in [1.165, 1.54) is 17.0 Å². The number of hydrogen-bond acceptors (Lipinski definition) is 4. The number of carbonyl (C=O) groups is 2. The van der Waals surface area contributed by atoms with Crippen LogP contribution < -0.4 is 9.62 Å². The molecule has 0 fully saturated rings. The minimum absolute atomic E-state index is 0.0651. The lowest BCUT2D eigenvalue weighted by Gasteiger charge is -2.32. The third kappa shape index (κ3) is 7.91. The van der Waals surface area contributed by atoms with Crippen molar-refractivity contribution < 1.29 is 18.0 Å². The van der Waals surface area contributed by atoms with Gasteiger partial charge in [-0.25, -0.2) is 8.42 Å². The molecule has 0 spiro atoms. The summed E-state index contributed by atoms with van der Waals surface area (Å²) in [4.78, 5) is 27.6. The molecule has 0 aliphatic heterocycles. The zero-order valence-corrected chi connectivity index (χ0v) is 21.4. The molecule has 2 atom stereocenters. The van der Waals surface area contributed by atoms with E-state index in [4.69, 9.17) is 23.2 Å². The Morgan fingerprint density at radius 2 is 1.67 bits per heavy atom. The molecule has 2 rings (SSSR count). The average molecular weight is 514 g/mol. The van der Waals surface area contributed by atoms with Crippen molar-refractivity contribution in [2.75, 3.05) is 17.1 Å². The van der Waals surface area contributed by atoms with Crippen LogP contribution >= 0.6 is 23.2 Å². The van der Waals surface area contributed by atoms with Crippen LogP contribution in [0, 0.1) is 0 Å². The fourth-order valence-corrected chi connectivity index (χ4v) is 4.29. The lowest BCUT2D eigenvalue weighted by Crippen LogP contribution is -2.52. The summed E-state index contributed by atoms with van der Waals surface area (Å²) in [6, 6.07) is 12.2. The molecule has 2 amide bonds. The van der Waals surface area contributed by atoms with Crippen LogP contribution in [0.5, 0.6) is 0 Å². The van der Waals surface area contributed by atoms with Gasteiger partial charge >= 0.3 is 0 Å². The molecule has 0 heterocycles. The highest BCUT2D eigenvalue weighted by atomic mass is 35.5. The molecule has 0 saturated carbocycles. The first-order valence-corrected chi connectivity index (χ1v) is 13.1. The molecular formula is C23H29Cl2N3O4S. The summed E-state index contributed by atoms with van der Waals surface area (Å²) in [5.41, 5.74) is 1.02. The monoisotopic (exact) mass is 513 g/mol. The van der Waals surface area contributed by atoms with E-state index in [2.05, 4.69) is 5.32 Å². The highest BCUT2D eigenvalue weighted by molar-refractivity contribution is 7.92. The van der Waals surface area contributed by atoms with Gasteiger partial charge in [-0.05, 0) is 62.2 Å². The average Bonchev–Trinajstić information content (AvgIpc) is 2.75. The van der Waals surface area contributed by atoms with Crippen molar-refractivity contribution in [3.8, 4) is 0 Å². The predicted octanol–water partition coefficient (Wildman–Crippen LogP) is 4.09. The van der Waals surface area contributed by atoms with Crippen molar-refractivity contribution in [3.05, 3.63) is 64.1 Å². The number of anilines is 1. The van der Waals surface area contributed by atoms with Gasteiger partial charge in [0.25, 0.3) is 0 Å². The van der Waals surface area contributed by atoms with E-state index in [1.54, 1.807) is 43.3 Å². The fourth-order valence-electron chi connectivity index (χ4n) is 3.10. The van der Waals surface area contributed by atoms with Gasteiger partial charge in [0.05, 0.1) is 11.9 Å². The Morgan fingerprint density at radius 3 is 2.21 bits per heavy atom. The summed E-state index contributed by atoms with van der Waals surface area (Å²) in [5, 5.41) is 3.81. The third-order valence-electron chi connectivity index (χ3n) is 5.20. The Balaban J connectivity index is 2.37. The molecule has 0 saturated heterocycles. The first-order chi connectivity index (χ1) is 15.4. The second kappa shape index (κ2) is 11.7. The first-order valence-electron chi connectivity index (χ1n) is 10.5. The van der Waals surface area contributed by atoms with Crippen LogP contribution in [-0.2, 0) is 26.2 Å². The normalized spacial score (nSPS) is 13.2. The van der Waals surface area contributed by atoms with Crippen LogP contribution in [0.1, 0.15) is 32.8 Å². The molecule has 1 N–H and O–H groups in total. The molecule has 10 heteroatoms. The molecule has 0 bridgehead atoms. The summed E-state index contributed by atoms with van der Waals surface area (Å²) in [7, 11) is -3.79. The topological polar surface area (TPSA) is 86.8 Å². The summed E-state index contributed by atoms with van der Waals surface area (Å²) in [6.45, 7) is 5.06. The zero-order valence-electron chi connectivity index (χ0n) is 19.1. The Kier molecular flexibility index (Phi) is 9.57. The quantitative estimate of drug-likeness (QED) is 0.518. The minimum atomic E-state index is -3.79. The molecular weight excluding hydrogens is 485 g/mol. The summed E-state index contributed by atoms with van der Waals surface area (Å²) in [6.07, 6.45) is 1.76. The number of benzene rings is 2. The van der Waals surface area contributed by atoms with E-state index in [-0.39, 0.29) is 18.5 Å². The van der Waals surface area contributed by atoms with Gasteiger partial charge in [-0.15, -0.1) is 0 Å². The van der Waals surface area contributed by atoms with Crippen LogP contribution in [0.2, 0.25) is 10.0 Å². The van der Waals surface area contributed by atoms with Gasteiger partial charge in [-0.2, -0.15) is 0 Å². The summed E-state index contributed by atoms with van der Waals surface area (Å²) >= 11 is 12.0. The number of nitrogens with one attached hydrogen (secondary N) is 1. The van der Waals surface area contributed by atoms with Crippen molar-refractivity contribution in [1.82, 2.24) is 10.2 Å². The van der Waals surface area contributed by atoms with Crippen molar-refractivity contribution in [1.29, 1.82) is 0 Å². The highest BCUT2D eigenvalue weighted by Crippen LogP contribution is 2.22. The van der Waals surface area contributed by atoms with Crippen LogP contribution in [0.3, 0.4) is 0 Å². The van der Waals surface area contributed by atoms with Crippen molar-refractivity contribution in [3.63, 3.8) is 0 Å². The van der Waals surface area contributed by atoms with Crippen LogP contribution in [0.4, 0.5) is 5.69 Å². The van der Waals surface area contributed by atoms with E-state index < -0.39 is 28.5 Å². The largest absolute Gasteiger partial charge is 0.352 e. The third-order valence-corrected chi connectivity index (χ3v) is 6.83. The van der Waals surface area contributed by atoms with E-state index in [1.807, 2.05) is 13.8 Å². The van der Waals surface area contributed by atoms with E-state index in [0.717, 1.165) is 22.5 Å². The lowest BCUT2D eigenvalue weighted by atomic mass is 10.1. The number of hydrogen-bond donors (Lipinski definition) is 1. The smallest absolute Gasteiger partial charge is 0.244 e.